The minimum absolute atomic E-state index is 0.0390. The van der Waals surface area contributed by atoms with Crippen LogP contribution in [0.15, 0.2) is 85.1 Å². The Balaban J connectivity index is 4.33. The molecule has 0 spiro atoms. The van der Waals surface area contributed by atoms with E-state index in [4.69, 9.17) is 14.2 Å². The van der Waals surface area contributed by atoms with Crippen LogP contribution in [0, 0.1) is 0 Å². The van der Waals surface area contributed by atoms with Gasteiger partial charge in [-0.3, -0.25) is 9.59 Å². The van der Waals surface area contributed by atoms with Crippen LogP contribution >= 0.6 is 0 Å². The summed E-state index contributed by atoms with van der Waals surface area (Å²) in [6, 6.07) is 0. The third kappa shape index (κ3) is 43.8. The normalized spacial score (nSPS) is 13.0. The minimum Gasteiger partial charge on any atom is -0.462 e. The molecule has 1 unspecified atom stereocenters. The van der Waals surface area contributed by atoms with Crippen molar-refractivity contribution >= 4 is 11.9 Å². The summed E-state index contributed by atoms with van der Waals surface area (Å²) in [5.41, 5.74) is 0. The first kappa shape index (κ1) is 53.1. The summed E-state index contributed by atoms with van der Waals surface area (Å²) in [5.74, 6) is -0.556. The molecule has 0 fully saturated rings. The zero-order valence-corrected chi connectivity index (χ0v) is 36.6. The molecule has 0 aliphatic rings. The predicted molar refractivity (Wildman–Crippen MR) is 242 cm³/mol. The number of carbonyl (C=O) groups is 2. The zero-order valence-electron chi connectivity index (χ0n) is 36.6. The summed E-state index contributed by atoms with van der Waals surface area (Å²) in [7, 11) is 0. The highest BCUT2D eigenvalue weighted by molar-refractivity contribution is 5.71. The number of hydrogen-bond acceptors (Lipinski definition) is 5. The van der Waals surface area contributed by atoms with Crippen molar-refractivity contribution in [3.05, 3.63) is 85.1 Å². The number of carbonyl (C=O) groups excluding carboxylic acids is 2. The van der Waals surface area contributed by atoms with Gasteiger partial charge in [0.05, 0.1) is 13.0 Å². The molecule has 0 radical (unpaired) electrons. The maximum absolute atomic E-state index is 12.6. The van der Waals surface area contributed by atoms with Crippen molar-refractivity contribution in [1.82, 2.24) is 0 Å². The van der Waals surface area contributed by atoms with Crippen LogP contribution in [0.2, 0.25) is 0 Å². The topological polar surface area (TPSA) is 61.8 Å². The average molecular weight is 779 g/mol. The predicted octanol–water partition coefficient (Wildman–Crippen LogP) is 15.3. The number of allylic oxidation sites excluding steroid dienone is 13. The maximum atomic E-state index is 12.6. The summed E-state index contributed by atoms with van der Waals surface area (Å²) < 4.78 is 17.2. The molecule has 0 N–H and O–H groups in total. The highest BCUT2D eigenvalue weighted by atomic mass is 16.6. The second-order valence-corrected chi connectivity index (χ2v) is 14.9. The van der Waals surface area contributed by atoms with Crippen LogP contribution < -0.4 is 0 Å². The Morgan fingerprint density at radius 1 is 0.429 bits per heavy atom. The lowest BCUT2D eigenvalue weighted by molar-refractivity contribution is -0.162. The number of rotatable bonds is 41. The van der Waals surface area contributed by atoms with E-state index in [0.717, 1.165) is 70.6 Å². The Bertz CT molecular complexity index is 1060. The minimum atomic E-state index is -0.593. The van der Waals surface area contributed by atoms with Crippen LogP contribution in [0.4, 0.5) is 0 Å². The van der Waals surface area contributed by atoms with E-state index in [0.29, 0.717) is 13.0 Å². The van der Waals surface area contributed by atoms with Gasteiger partial charge in [0.15, 0.2) is 6.10 Å². The van der Waals surface area contributed by atoms with Gasteiger partial charge in [0, 0.05) is 13.0 Å². The first-order valence-corrected chi connectivity index (χ1v) is 23.1. The molecule has 0 aliphatic heterocycles. The van der Waals surface area contributed by atoms with Crippen molar-refractivity contribution in [2.45, 2.75) is 207 Å². The van der Waals surface area contributed by atoms with Crippen LogP contribution in [-0.2, 0) is 23.8 Å². The molecule has 5 heteroatoms. The van der Waals surface area contributed by atoms with Crippen molar-refractivity contribution < 1.29 is 23.8 Å². The summed E-state index contributed by atoms with van der Waals surface area (Å²) in [5, 5.41) is 0. The lowest BCUT2D eigenvalue weighted by Gasteiger charge is -2.18. The fourth-order valence-corrected chi connectivity index (χ4v) is 6.03. The summed E-state index contributed by atoms with van der Waals surface area (Å²) in [6.45, 7) is 7.54. The van der Waals surface area contributed by atoms with E-state index >= 15 is 0 Å². The Hall–Kier alpha value is -2.92. The molecule has 0 saturated carbocycles. The van der Waals surface area contributed by atoms with Crippen LogP contribution in [-0.4, -0.2) is 37.9 Å². The zero-order chi connectivity index (χ0) is 40.7. The van der Waals surface area contributed by atoms with E-state index in [9.17, 15) is 9.59 Å². The summed E-state index contributed by atoms with van der Waals surface area (Å²) >= 11 is 0. The van der Waals surface area contributed by atoms with Gasteiger partial charge in [-0.1, -0.05) is 196 Å². The molecule has 0 aromatic carbocycles. The summed E-state index contributed by atoms with van der Waals surface area (Å²) in [4.78, 5) is 25.2. The molecule has 0 heterocycles. The highest BCUT2D eigenvalue weighted by Gasteiger charge is 2.17. The standard InChI is InChI=1S/C51H86O5/c1-4-7-10-13-16-19-21-23-25-26-28-29-31-33-35-38-41-44-50(52)55-48-49(47-54-46-43-40-37-18-15-12-9-6-3)56-51(53)45-42-39-36-34-32-30-27-24-22-20-17-14-11-8-5-2/h8,11,16-17,19-20,23-25,27,32,34,39,42,49H,4-7,9-10,12-15,18,21-22,26,28-31,33,35-38,40-41,43-48H2,1-3H3/b11-8-,19-16-,20-17-,25-23-,27-24-,34-32-,42-39-. The van der Waals surface area contributed by atoms with Gasteiger partial charge in [0.2, 0.25) is 0 Å². The molecule has 320 valence electrons. The first-order chi connectivity index (χ1) is 27.6. The quantitative estimate of drug-likeness (QED) is 0.0351. The Morgan fingerprint density at radius 3 is 1.41 bits per heavy atom. The SMILES string of the molecule is CC/C=C\C/C=C\C/C=C\C/C=C\C/C=C\CC(=O)OC(COCCCCCCCCCC)COC(=O)CCCCCCCCC/C=C\C/C=C\CCCCC. The van der Waals surface area contributed by atoms with Gasteiger partial charge in [0.25, 0.3) is 0 Å². The van der Waals surface area contributed by atoms with E-state index in [1.165, 1.54) is 96.3 Å². The first-order valence-electron chi connectivity index (χ1n) is 23.1. The second kappa shape index (κ2) is 46.5. The van der Waals surface area contributed by atoms with Crippen LogP contribution in [0.1, 0.15) is 201 Å². The fourth-order valence-electron chi connectivity index (χ4n) is 6.03. The van der Waals surface area contributed by atoms with Crippen molar-refractivity contribution in [3.63, 3.8) is 0 Å². The average Bonchev–Trinajstić information content (AvgIpc) is 3.20. The number of hydrogen-bond donors (Lipinski definition) is 0. The molecular formula is C51H86O5. The monoisotopic (exact) mass is 779 g/mol. The van der Waals surface area contributed by atoms with Crippen LogP contribution in [0.5, 0.6) is 0 Å². The second-order valence-electron chi connectivity index (χ2n) is 14.9. The lowest BCUT2D eigenvalue weighted by Crippen LogP contribution is -2.29. The van der Waals surface area contributed by atoms with Crippen molar-refractivity contribution in [2.24, 2.45) is 0 Å². The Labute approximate surface area is 346 Å². The largest absolute Gasteiger partial charge is 0.462 e. The van der Waals surface area contributed by atoms with Gasteiger partial charge in [0.1, 0.15) is 6.61 Å². The van der Waals surface area contributed by atoms with Gasteiger partial charge in [-0.25, -0.2) is 0 Å². The van der Waals surface area contributed by atoms with Crippen LogP contribution in [0.3, 0.4) is 0 Å². The van der Waals surface area contributed by atoms with Crippen molar-refractivity contribution in [1.29, 1.82) is 0 Å². The number of ether oxygens (including phenoxy) is 3. The smallest absolute Gasteiger partial charge is 0.310 e. The fraction of sp³-hybridized carbons (Fsp3) is 0.686. The number of unbranched alkanes of at least 4 members (excludes halogenated alkanes) is 17. The maximum Gasteiger partial charge on any atom is 0.310 e. The molecule has 0 amide bonds. The van der Waals surface area contributed by atoms with Gasteiger partial charge in [-0.2, -0.15) is 0 Å². The molecule has 0 aliphatic carbocycles. The van der Waals surface area contributed by atoms with E-state index in [1.54, 1.807) is 0 Å². The lowest BCUT2D eigenvalue weighted by atomic mass is 10.1. The summed E-state index contributed by atoms with van der Waals surface area (Å²) in [6.07, 6.45) is 60.4. The van der Waals surface area contributed by atoms with Crippen molar-refractivity contribution in [2.75, 3.05) is 19.8 Å². The van der Waals surface area contributed by atoms with Gasteiger partial charge >= 0.3 is 11.9 Å². The third-order valence-corrected chi connectivity index (χ3v) is 9.45. The Morgan fingerprint density at radius 2 is 0.857 bits per heavy atom. The van der Waals surface area contributed by atoms with Crippen molar-refractivity contribution in [3.8, 4) is 0 Å². The van der Waals surface area contributed by atoms with E-state index in [1.807, 2.05) is 12.2 Å². The molecule has 0 bridgehead atoms. The molecule has 0 saturated heterocycles. The molecule has 0 aromatic rings. The Kier molecular flexibility index (Phi) is 44.0. The van der Waals surface area contributed by atoms with Gasteiger partial charge in [-0.05, 0) is 77.0 Å². The molecule has 0 rings (SSSR count). The highest BCUT2D eigenvalue weighted by Crippen LogP contribution is 2.12. The molecule has 1 atom stereocenters. The van der Waals surface area contributed by atoms with Gasteiger partial charge < -0.3 is 14.2 Å². The molecular weight excluding hydrogens is 693 g/mol. The third-order valence-electron chi connectivity index (χ3n) is 9.45. The van der Waals surface area contributed by atoms with E-state index < -0.39 is 6.10 Å². The van der Waals surface area contributed by atoms with E-state index in [-0.39, 0.29) is 31.6 Å². The van der Waals surface area contributed by atoms with Gasteiger partial charge in [-0.15, -0.1) is 0 Å². The van der Waals surface area contributed by atoms with Crippen LogP contribution in [0.25, 0.3) is 0 Å². The molecule has 0 aromatic heterocycles. The molecule has 5 nitrogen and oxygen atoms in total. The number of esters is 2. The van der Waals surface area contributed by atoms with E-state index in [2.05, 4.69) is 93.7 Å². The molecule has 56 heavy (non-hydrogen) atoms.